The lowest BCUT2D eigenvalue weighted by atomic mass is 10.2. The summed E-state index contributed by atoms with van der Waals surface area (Å²) < 4.78 is 2.13. The second-order valence-electron chi connectivity index (χ2n) is 4.79. The largest absolute Gasteiger partial charge is 1.00 e. The monoisotopic (exact) mass is 349 g/mol. The van der Waals surface area contributed by atoms with Crippen molar-refractivity contribution in [3.05, 3.63) is 54.5 Å². The van der Waals surface area contributed by atoms with E-state index >= 15 is 0 Å². The summed E-state index contributed by atoms with van der Waals surface area (Å²) in [4.78, 5) is 16.0. The van der Waals surface area contributed by atoms with Gasteiger partial charge in [-0.1, -0.05) is 12.1 Å². The first-order chi connectivity index (χ1) is 9.75. The number of rotatable bonds is 6. The van der Waals surface area contributed by atoms with Crippen molar-refractivity contribution in [2.75, 3.05) is 5.32 Å². The zero-order valence-electron chi connectivity index (χ0n) is 12.1. The van der Waals surface area contributed by atoms with Crippen LogP contribution in [-0.4, -0.2) is 10.9 Å². The molecule has 2 heterocycles. The molecule has 0 aliphatic carbocycles. The molecular formula is C16H20BrN3O. The molecule has 21 heavy (non-hydrogen) atoms. The van der Waals surface area contributed by atoms with Gasteiger partial charge in [0.1, 0.15) is 12.4 Å². The van der Waals surface area contributed by atoms with Gasteiger partial charge >= 0.3 is 0 Å². The molecule has 0 spiro atoms. The third kappa shape index (κ3) is 6.04. The van der Waals surface area contributed by atoms with Crippen molar-refractivity contribution in [1.29, 1.82) is 0 Å². The fourth-order valence-electron chi connectivity index (χ4n) is 1.97. The standard InChI is InChI=1S/C16H19N3O.BrH/c1-14-8-7-10-17-16(14)18-15(20)9-3-6-13-19-11-4-2-5-12-19;/h2,4-5,7-8,10-12H,3,6,9,13H2,1H3;1H. The van der Waals surface area contributed by atoms with Crippen molar-refractivity contribution in [3.63, 3.8) is 0 Å². The number of amides is 1. The molecule has 2 aromatic heterocycles. The van der Waals surface area contributed by atoms with Crippen LogP contribution in [0.2, 0.25) is 0 Å². The number of pyridine rings is 2. The third-order valence-electron chi connectivity index (χ3n) is 3.11. The van der Waals surface area contributed by atoms with Crippen LogP contribution in [0.1, 0.15) is 24.8 Å². The summed E-state index contributed by atoms with van der Waals surface area (Å²) in [6, 6.07) is 9.82. The molecule has 0 atom stereocenters. The number of carbonyl (C=O) groups excluding carboxylic acids is 1. The molecule has 5 heteroatoms. The van der Waals surface area contributed by atoms with E-state index in [4.69, 9.17) is 0 Å². The molecule has 0 aliphatic rings. The predicted octanol–water partition coefficient (Wildman–Crippen LogP) is -0.509. The average Bonchev–Trinajstić information content (AvgIpc) is 2.47. The van der Waals surface area contributed by atoms with Crippen molar-refractivity contribution in [3.8, 4) is 0 Å². The lowest BCUT2D eigenvalue weighted by Crippen LogP contribution is -3.00. The van der Waals surface area contributed by atoms with Gasteiger partial charge in [-0.05, 0) is 25.0 Å². The number of hydrogen-bond acceptors (Lipinski definition) is 2. The van der Waals surface area contributed by atoms with Gasteiger partial charge in [0.05, 0.1) is 0 Å². The smallest absolute Gasteiger partial charge is 0.225 e. The highest BCUT2D eigenvalue weighted by Crippen LogP contribution is 2.10. The van der Waals surface area contributed by atoms with E-state index in [0.717, 1.165) is 24.9 Å². The van der Waals surface area contributed by atoms with Gasteiger partial charge in [-0.25, -0.2) is 9.55 Å². The summed E-state index contributed by atoms with van der Waals surface area (Å²) in [6.45, 7) is 2.88. The summed E-state index contributed by atoms with van der Waals surface area (Å²) in [7, 11) is 0. The number of anilines is 1. The van der Waals surface area contributed by atoms with E-state index in [1.807, 2.05) is 49.6 Å². The molecule has 0 radical (unpaired) electrons. The highest BCUT2D eigenvalue weighted by atomic mass is 79.9. The Hall–Kier alpha value is -1.75. The van der Waals surface area contributed by atoms with Crippen molar-refractivity contribution >= 4 is 11.7 Å². The second kappa shape index (κ2) is 9.23. The predicted molar refractivity (Wildman–Crippen MR) is 78.1 cm³/mol. The van der Waals surface area contributed by atoms with Gasteiger partial charge in [0.2, 0.25) is 5.91 Å². The van der Waals surface area contributed by atoms with Gasteiger partial charge in [0.25, 0.3) is 0 Å². The quantitative estimate of drug-likeness (QED) is 0.564. The molecular weight excluding hydrogens is 330 g/mol. The number of aryl methyl sites for hydroxylation is 2. The fraction of sp³-hybridized carbons (Fsp3) is 0.312. The summed E-state index contributed by atoms with van der Waals surface area (Å²) in [5.74, 6) is 0.694. The number of nitrogens with one attached hydrogen (secondary N) is 1. The maximum atomic E-state index is 11.8. The Morgan fingerprint density at radius 2 is 1.95 bits per heavy atom. The molecule has 112 valence electrons. The molecule has 1 amide bonds. The van der Waals surface area contributed by atoms with E-state index in [1.165, 1.54) is 0 Å². The van der Waals surface area contributed by atoms with Gasteiger partial charge in [0.15, 0.2) is 12.4 Å². The van der Waals surface area contributed by atoms with Gasteiger partial charge in [0, 0.05) is 31.2 Å². The lowest BCUT2D eigenvalue weighted by molar-refractivity contribution is -0.697. The van der Waals surface area contributed by atoms with Crippen LogP contribution < -0.4 is 26.9 Å². The van der Waals surface area contributed by atoms with E-state index in [-0.39, 0.29) is 22.9 Å². The Morgan fingerprint density at radius 3 is 2.67 bits per heavy atom. The first-order valence-electron chi connectivity index (χ1n) is 6.91. The van der Waals surface area contributed by atoms with Gasteiger partial charge < -0.3 is 22.3 Å². The first-order valence-corrected chi connectivity index (χ1v) is 6.91. The minimum Gasteiger partial charge on any atom is -1.00 e. The number of hydrogen-bond donors (Lipinski definition) is 1. The molecule has 2 aromatic rings. The fourth-order valence-corrected chi connectivity index (χ4v) is 1.97. The minimum atomic E-state index is 0. The highest BCUT2D eigenvalue weighted by Gasteiger charge is 2.06. The number of unbranched alkanes of at least 4 members (excludes halogenated alkanes) is 1. The molecule has 0 saturated heterocycles. The number of aromatic nitrogens is 2. The zero-order valence-corrected chi connectivity index (χ0v) is 13.7. The third-order valence-corrected chi connectivity index (χ3v) is 3.11. The Labute approximate surface area is 136 Å². The van der Waals surface area contributed by atoms with Crippen LogP contribution >= 0.6 is 0 Å². The van der Waals surface area contributed by atoms with E-state index in [2.05, 4.69) is 14.9 Å². The van der Waals surface area contributed by atoms with Crippen LogP contribution in [0.3, 0.4) is 0 Å². The number of halogens is 1. The van der Waals surface area contributed by atoms with E-state index < -0.39 is 0 Å². The molecule has 2 rings (SSSR count). The summed E-state index contributed by atoms with van der Waals surface area (Å²) in [6.07, 6.45) is 8.16. The Balaban J connectivity index is 0.00000220. The molecule has 0 aromatic carbocycles. The maximum absolute atomic E-state index is 11.8. The topological polar surface area (TPSA) is 45.9 Å². The van der Waals surface area contributed by atoms with Crippen molar-refractivity contribution in [2.24, 2.45) is 0 Å². The number of nitrogens with zero attached hydrogens (tertiary/aromatic N) is 2. The van der Waals surface area contributed by atoms with Crippen LogP contribution in [0.4, 0.5) is 5.82 Å². The van der Waals surface area contributed by atoms with E-state index in [1.54, 1.807) is 6.20 Å². The molecule has 0 saturated carbocycles. The lowest BCUT2D eigenvalue weighted by Gasteiger charge is -2.06. The molecule has 0 unspecified atom stereocenters. The maximum Gasteiger partial charge on any atom is 0.225 e. The minimum absolute atomic E-state index is 0. The van der Waals surface area contributed by atoms with Crippen LogP contribution in [-0.2, 0) is 11.3 Å². The molecule has 0 aliphatic heterocycles. The van der Waals surface area contributed by atoms with Crippen LogP contribution in [0, 0.1) is 6.92 Å². The van der Waals surface area contributed by atoms with Crippen LogP contribution in [0.25, 0.3) is 0 Å². The zero-order chi connectivity index (χ0) is 14.2. The van der Waals surface area contributed by atoms with Crippen LogP contribution in [0.15, 0.2) is 48.9 Å². The molecule has 1 N–H and O–H groups in total. The Bertz CT molecular complexity index is 560. The van der Waals surface area contributed by atoms with Gasteiger partial charge in [-0.2, -0.15) is 0 Å². The summed E-state index contributed by atoms with van der Waals surface area (Å²) >= 11 is 0. The van der Waals surface area contributed by atoms with Gasteiger partial charge in [-0.3, -0.25) is 4.79 Å². The summed E-state index contributed by atoms with van der Waals surface area (Å²) in [5.41, 5.74) is 0.987. The first kappa shape index (κ1) is 17.3. The average molecular weight is 350 g/mol. The van der Waals surface area contributed by atoms with E-state index in [9.17, 15) is 4.79 Å². The Kier molecular flexibility index (Phi) is 7.61. The van der Waals surface area contributed by atoms with Crippen molar-refractivity contribution < 1.29 is 26.3 Å². The highest BCUT2D eigenvalue weighted by molar-refractivity contribution is 5.90. The molecule has 4 nitrogen and oxygen atoms in total. The Morgan fingerprint density at radius 1 is 1.19 bits per heavy atom. The van der Waals surface area contributed by atoms with Crippen LogP contribution in [0.5, 0.6) is 0 Å². The molecule has 0 fully saturated rings. The second-order valence-corrected chi connectivity index (χ2v) is 4.79. The SMILES string of the molecule is Cc1cccnc1NC(=O)CCCC[n+]1ccccc1.[Br-]. The van der Waals surface area contributed by atoms with E-state index in [0.29, 0.717) is 12.2 Å². The van der Waals surface area contributed by atoms with Crippen molar-refractivity contribution in [1.82, 2.24) is 4.98 Å². The van der Waals surface area contributed by atoms with Crippen molar-refractivity contribution in [2.45, 2.75) is 32.7 Å². The molecule has 0 bridgehead atoms. The van der Waals surface area contributed by atoms with Gasteiger partial charge in [-0.15, -0.1) is 0 Å². The normalized spacial score (nSPS) is 9.76. The number of carbonyl (C=O) groups is 1. The summed E-state index contributed by atoms with van der Waals surface area (Å²) in [5, 5.41) is 2.85.